The maximum Gasteiger partial charge on any atom is 0.287 e. The molecule has 3 aromatic rings. The number of amides is 1. The summed E-state index contributed by atoms with van der Waals surface area (Å²) in [6.45, 7) is 7.31. The van der Waals surface area contributed by atoms with E-state index in [1.54, 1.807) is 7.11 Å². The fourth-order valence-corrected chi connectivity index (χ4v) is 4.17. The van der Waals surface area contributed by atoms with Crippen molar-refractivity contribution in [3.8, 4) is 0 Å². The summed E-state index contributed by atoms with van der Waals surface area (Å²) in [4.78, 5) is 17.7. The maximum absolute atomic E-state index is 12.7. The Labute approximate surface area is 183 Å². The molecule has 0 radical (unpaired) electrons. The predicted molar refractivity (Wildman–Crippen MR) is 122 cm³/mol. The molecule has 1 aromatic heterocycles. The second-order valence-corrected chi connectivity index (χ2v) is 8.05. The Bertz CT molecular complexity index is 978. The van der Waals surface area contributed by atoms with Crippen LogP contribution in [0.25, 0.3) is 11.0 Å². The Hall–Kier alpha value is -2.67. The molecular formula is C25H31N3O3. The Morgan fingerprint density at radius 1 is 1.00 bits per heavy atom. The average molecular weight is 422 g/mol. The number of piperazine rings is 1. The molecule has 0 saturated carbocycles. The van der Waals surface area contributed by atoms with Crippen LogP contribution >= 0.6 is 0 Å². The number of methoxy groups -OCH3 is 1. The topological polar surface area (TPSA) is 58.0 Å². The summed E-state index contributed by atoms with van der Waals surface area (Å²) in [5.41, 5.74) is 2.90. The molecule has 164 valence electrons. The molecule has 0 atom stereocenters. The standard InChI is InChI=1S/C25H31N3O3/c1-30-19-22-21-10-5-6-11-23(21)31-24(22)25(29)26-12-7-13-27-14-16-28(17-15-27)18-20-8-3-2-4-9-20/h2-6,8-11H,7,12-19H2,1H3,(H,26,29). The van der Waals surface area contributed by atoms with E-state index < -0.39 is 0 Å². The van der Waals surface area contributed by atoms with E-state index in [0.717, 1.165) is 56.6 Å². The van der Waals surface area contributed by atoms with Crippen LogP contribution < -0.4 is 5.32 Å². The van der Waals surface area contributed by atoms with Crippen molar-refractivity contribution in [2.75, 3.05) is 46.4 Å². The van der Waals surface area contributed by atoms with Gasteiger partial charge in [-0.2, -0.15) is 0 Å². The first-order chi connectivity index (χ1) is 15.2. The van der Waals surface area contributed by atoms with E-state index in [2.05, 4.69) is 45.4 Å². The molecule has 31 heavy (non-hydrogen) atoms. The molecule has 6 nitrogen and oxygen atoms in total. The van der Waals surface area contributed by atoms with Crippen molar-refractivity contribution in [1.82, 2.24) is 15.1 Å². The predicted octanol–water partition coefficient (Wildman–Crippen LogP) is 3.52. The van der Waals surface area contributed by atoms with Gasteiger partial charge in [0, 0.05) is 57.3 Å². The Kier molecular flexibility index (Phi) is 7.35. The number of para-hydroxylation sites is 1. The third kappa shape index (κ3) is 5.53. The highest BCUT2D eigenvalue weighted by atomic mass is 16.5. The summed E-state index contributed by atoms with van der Waals surface area (Å²) in [5, 5.41) is 3.95. The van der Waals surface area contributed by atoms with Gasteiger partial charge in [0.05, 0.1) is 6.61 Å². The minimum absolute atomic E-state index is 0.170. The highest BCUT2D eigenvalue weighted by molar-refractivity contribution is 5.99. The molecule has 0 spiro atoms. The van der Waals surface area contributed by atoms with Crippen LogP contribution in [-0.4, -0.2) is 62.1 Å². The van der Waals surface area contributed by atoms with Crippen molar-refractivity contribution in [2.45, 2.75) is 19.6 Å². The monoisotopic (exact) mass is 421 g/mol. The van der Waals surface area contributed by atoms with E-state index in [1.807, 2.05) is 24.3 Å². The number of benzene rings is 2. The molecule has 1 saturated heterocycles. The number of furan rings is 1. The second kappa shape index (κ2) is 10.6. The minimum atomic E-state index is -0.170. The zero-order valence-corrected chi connectivity index (χ0v) is 18.2. The summed E-state index contributed by atoms with van der Waals surface area (Å²) < 4.78 is 11.1. The van der Waals surface area contributed by atoms with Gasteiger partial charge >= 0.3 is 0 Å². The number of hydrogen-bond donors (Lipinski definition) is 1. The first-order valence-corrected chi connectivity index (χ1v) is 11.0. The molecule has 2 heterocycles. The molecule has 1 N–H and O–H groups in total. The summed E-state index contributed by atoms with van der Waals surface area (Å²) >= 11 is 0. The van der Waals surface area contributed by atoms with Crippen LogP contribution in [0.15, 0.2) is 59.0 Å². The molecule has 1 aliphatic heterocycles. The van der Waals surface area contributed by atoms with Gasteiger partial charge < -0.3 is 19.4 Å². The molecule has 1 aliphatic rings. The summed E-state index contributed by atoms with van der Waals surface area (Å²) in [6, 6.07) is 18.3. The summed E-state index contributed by atoms with van der Waals surface area (Å²) in [5.74, 6) is 0.188. The number of ether oxygens (including phenoxy) is 1. The van der Waals surface area contributed by atoms with Crippen LogP contribution in [0.3, 0.4) is 0 Å². The van der Waals surface area contributed by atoms with Gasteiger partial charge in [-0.15, -0.1) is 0 Å². The van der Waals surface area contributed by atoms with Crippen LogP contribution in [0.1, 0.15) is 28.1 Å². The zero-order chi connectivity index (χ0) is 21.5. The molecular weight excluding hydrogens is 390 g/mol. The normalized spacial score (nSPS) is 15.4. The van der Waals surface area contributed by atoms with Crippen molar-refractivity contribution in [3.63, 3.8) is 0 Å². The highest BCUT2D eigenvalue weighted by Crippen LogP contribution is 2.26. The lowest BCUT2D eigenvalue weighted by molar-refractivity contribution is 0.0915. The van der Waals surface area contributed by atoms with Crippen LogP contribution in [0.5, 0.6) is 0 Å². The van der Waals surface area contributed by atoms with E-state index in [9.17, 15) is 4.79 Å². The van der Waals surface area contributed by atoms with E-state index >= 15 is 0 Å². The van der Waals surface area contributed by atoms with E-state index in [1.165, 1.54) is 5.56 Å². The Morgan fingerprint density at radius 3 is 2.48 bits per heavy atom. The lowest BCUT2D eigenvalue weighted by atomic mass is 10.1. The van der Waals surface area contributed by atoms with Crippen molar-refractivity contribution in [2.24, 2.45) is 0 Å². The minimum Gasteiger partial charge on any atom is -0.451 e. The zero-order valence-electron chi connectivity index (χ0n) is 18.2. The second-order valence-electron chi connectivity index (χ2n) is 8.05. The number of nitrogens with one attached hydrogen (secondary N) is 1. The van der Waals surface area contributed by atoms with Crippen molar-refractivity contribution in [3.05, 3.63) is 71.5 Å². The number of nitrogens with zero attached hydrogens (tertiary/aromatic N) is 2. The molecule has 1 amide bonds. The molecule has 4 rings (SSSR count). The van der Waals surface area contributed by atoms with Gasteiger partial charge in [-0.1, -0.05) is 48.5 Å². The van der Waals surface area contributed by atoms with Gasteiger partial charge in [-0.3, -0.25) is 9.69 Å². The average Bonchev–Trinajstić information content (AvgIpc) is 3.17. The molecule has 0 aliphatic carbocycles. The molecule has 0 unspecified atom stereocenters. The number of fused-ring (bicyclic) bond motifs is 1. The number of carbonyl (C=O) groups excluding carboxylic acids is 1. The SMILES string of the molecule is COCc1c(C(=O)NCCCN2CCN(Cc3ccccc3)CC2)oc2ccccc12. The van der Waals surface area contributed by atoms with Crippen LogP contribution in [0.4, 0.5) is 0 Å². The molecule has 1 fully saturated rings. The van der Waals surface area contributed by atoms with Crippen molar-refractivity contribution in [1.29, 1.82) is 0 Å². The van der Waals surface area contributed by atoms with Gasteiger partial charge in [0.2, 0.25) is 0 Å². The van der Waals surface area contributed by atoms with Crippen LogP contribution in [0.2, 0.25) is 0 Å². The van der Waals surface area contributed by atoms with Gasteiger partial charge in [0.15, 0.2) is 5.76 Å². The van der Waals surface area contributed by atoms with Crippen LogP contribution in [-0.2, 0) is 17.9 Å². The molecule has 6 heteroatoms. The smallest absolute Gasteiger partial charge is 0.287 e. The lowest BCUT2D eigenvalue weighted by Crippen LogP contribution is -2.46. The largest absolute Gasteiger partial charge is 0.451 e. The quantitative estimate of drug-likeness (QED) is 0.536. The lowest BCUT2D eigenvalue weighted by Gasteiger charge is -2.34. The van der Waals surface area contributed by atoms with E-state index in [-0.39, 0.29) is 5.91 Å². The third-order valence-corrected chi connectivity index (χ3v) is 5.84. The fourth-order valence-electron chi connectivity index (χ4n) is 4.17. The Balaban J connectivity index is 1.20. The first-order valence-electron chi connectivity index (χ1n) is 11.0. The summed E-state index contributed by atoms with van der Waals surface area (Å²) in [7, 11) is 1.63. The first kappa shape index (κ1) is 21.6. The Morgan fingerprint density at radius 2 is 1.71 bits per heavy atom. The van der Waals surface area contributed by atoms with Gasteiger partial charge in [-0.25, -0.2) is 0 Å². The van der Waals surface area contributed by atoms with Crippen molar-refractivity contribution >= 4 is 16.9 Å². The van der Waals surface area contributed by atoms with Gasteiger partial charge in [0.1, 0.15) is 5.58 Å². The number of carbonyl (C=O) groups is 1. The number of hydrogen-bond acceptors (Lipinski definition) is 5. The molecule has 2 aromatic carbocycles. The molecule has 0 bridgehead atoms. The van der Waals surface area contributed by atoms with Gasteiger partial charge in [0.25, 0.3) is 5.91 Å². The third-order valence-electron chi connectivity index (χ3n) is 5.84. The van der Waals surface area contributed by atoms with Crippen molar-refractivity contribution < 1.29 is 13.9 Å². The fraction of sp³-hybridized carbons (Fsp3) is 0.400. The highest BCUT2D eigenvalue weighted by Gasteiger charge is 2.20. The van der Waals surface area contributed by atoms with Crippen LogP contribution in [0, 0.1) is 0 Å². The van der Waals surface area contributed by atoms with Gasteiger partial charge in [-0.05, 0) is 24.6 Å². The summed E-state index contributed by atoms with van der Waals surface area (Å²) in [6.07, 6.45) is 0.921. The van der Waals surface area contributed by atoms with E-state index in [0.29, 0.717) is 24.5 Å². The van der Waals surface area contributed by atoms with E-state index in [4.69, 9.17) is 9.15 Å². The maximum atomic E-state index is 12.7. The number of rotatable bonds is 9.